The second-order valence-electron chi connectivity index (χ2n) is 5.89. The largest absolute Gasteiger partial charge is 0.400 e. The van der Waals surface area contributed by atoms with E-state index in [0.29, 0.717) is 18.5 Å². The number of aromatic nitrogens is 1. The number of amides is 2. The minimum atomic E-state index is -0.602. The maximum Gasteiger partial charge on any atom is 0.316 e. The third kappa shape index (κ3) is 5.49. The molecule has 0 aliphatic rings. The minimum absolute atomic E-state index is 0.447. The summed E-state index contributed by atoms with van der Waals surface area (Å²) >= 11 is 0. The summed E-state index contributed by atoms with van der Waals surface area (Å²) in [6.07, 6.45) is 5.56. The highest BCUT2D eigenvalue weighted by atomic mass is 16.2. The third-order valence-corrected chi connectivity index (χ3v) is 4.07. The average Bonchev–Trinajstić information content (AvgIpc) is 2.74. The lowest BCUT2D eigenvalue weighted by atomic mass is 9.93. The molecule has 0 fully saturated rings. The van der Waals surface area contributed by atoms with Gasteiger partial charge in [-0.15, -0.1) is 0 Å². The number of pyridine rings is 1. The van der Waals surface area contributed by atoms with E-state index < -0.39 is 6.03 Å². The first-order valence-electron chi connectivity index (χ1n) is 8.76. The fourth-order valence-corrected chi connectivity index (χ4v) is 2.92. The molecule has 6 nitrogen and oxygen atoms in total. The van der Waals surface area contributed by atoms with Crippen LogP contribution in [-0.4, -0.2) is 29.5 Å². The maximum atomic E-state index is 11.1. The number of carbonyl (C=O) groups excluding carboxylic acids is 2. The summed E-state index contributed by atoms with van der Waals surface area (Å²) in [7, 11) is 1.00. The van der Waals surface area contributed by atoms with Gasteiger partial charge in [-0.2, -0.15) is 0 Å². The maximum absolute atomic E-state index is 11.1. The highest BCUT2D eigenvalue weighted by Gasteiger charge is 2.09. The van der Waals surface area contributed by atoms with Gasteiger partial charge in [-0.1, -0.05) is 36.4 Å². The Labute approximate surface area is 164 Å². The summed E-state index contributed by atoms with van der Waals surface area (Å²) in [6.45, 7) is 0. The molecule has 1 aromatic heterocycles. The zero-order valence-corrected chi connectivity index (χ0v) is 15.6. The highest BCUT2D eigenvalue weighted by molar-refractivity contribution is 5.89. The average molecular weight is 377 g/mol. The predicted octanol–water partition coefficient (Wildman–Crippen LogP) is 3.65. The van der Waals surface area contributed by atoms with Gasteiger partial charge >= 0.3 is 6.03 Å². The number of rotatable bonds is 6. The molecule has 0 radical (unpaired) electrons. The molecule has 0 aliphatic heterocycles. The van der Waals surface area contributed by atoms with Crippen molar-refractivity contribution in [2.24, 2.45) is 5.73 Å². The number of urea groups is 1. The van der Waals surface area contributed by atoms with E-state index in [1.165, 1.54) is 0 Å². The van der Waals surface area contributed by atoms with Crippen molar-refractivity contribution in [1.82, 2.24) is 4.98 Å². The minimum Gasteiger partial charge on any atom is -0.400 e. The van der Waals surface area contributed by atoms with Crippen LogP contribution in [0.5, 0.6) is 0 Å². The van der Waals surface area contributed by atoms with Gasteiger partial charge in [-0.05, 0) is 52.4 Å². The van der Waals surface area contributed by atoms with Crippen molar-refractivity contribution in [2.75, 3.05) is 12.4 Å². The van der Waals surface area contributed by atoms with Crippen LogP contribution in [0.3, 0.4) is 0 Å². The van der Waals surface area contributed by atoms with E-state index in [-0.39, 0.29) is 0 Å². The van der Waals surface area contributed by atoms with Crippen LogP contribution in [0.2, 0.25) is 0 Å². The molecule has 0 saturated heterocycles. The number of nitrogens with zero attached hydrogens (tertiary/aromatic N) is 1. The molecule has 0 unspecified atom stereocenters. The van der Waals surface area contributed by atoms with E-state index in [1.54, 1.807) is 12.3 Å². The molecule has 28 heavy (non-hydrogen) atoms. The number of aldehydes is 1. The predicted molar refractivity (Wildman–Crippen MR) is 111 cm³/mol. The molecule has 1 heterocycles. The lowest BCUT2D eigenvalue weighted by Gasteiger charge is -2.13. The molecule has 4 N–H and O–H groups in total. The molecule has 144 valence electrons. The van der Waals surface area contributed by atoms with Crippen molar-refractivity contribution >= 4 is 18.0 Å². The molecule has 0 bridgehead atoms. The first-order chi connectivity index (χ1) is 13.7. The zero-order valence-electron chi connectivity index (χ0n) is 15.6. The Bertz CT molecular complexity index is 927. The van der Waals surface area contributed by atoms with Gasteiger partial charge in [0.05, 0.1) is 0 Å². The van der Waals surface area contributed by atoms with E-state index in [9.17, 15) is 9.59 Å². The monoisotopic (exact) mass is 377 g/mol. The van der Waals surface area contributed by atoms with Crippen LogP contribution in [-0.2, 0) is 11.2 Å². The Kier molecular flexibility index (Phi) is 7.87. The van der Waals surface area contributed by atoms with E-state index >= 15 is 0 Å². The second-order valence-corrected chi connectivity index (χ2v) is 5.89. The van der Waals surface area contributed by atoms with Crippen molar-refractivity contribution < 1.29 is 14.7 Å². The summed E-state index contributed by atoms with van der Waals surface area (Å²) in [4.78, 5) is 26.1. The summed E-state index contributed by atoms with van der Waals surface area (Å²) < 4.78 is 0. The number of nitrogens with one attached hydrogen (secondary N) is 1. The van der Waals surface area contributed by atoms with Gasteiger partial charge in [-0.25, -0.2) is 4.79 Å². The molecular weight excluding hydrogens is 354 g/mol. The van der Waals surface area contributed by atoms with Gasteiger partial charge in [0, 0.05) is 31.6 Å². The van der Waals surface area contributed by atoms with Crippen molar-refractivity contribution in [3.05, 3.63) is 72.6 Å². The SMILES string of the molecule is CO.NC(=O)Nc1cccc(-c2ccc(-c3cccnc3)cc2CCC=O)c1. The van der Waals surface area contributed by atoms with Crippen molar-refractivity contribution in [3.63, 3.8) is 0 Å². The highest BCUT2D eigenvalue weighted by Crippen LogP contribution is 2.31. The Morgan fingerprint density at radius 3 is 2.54 bits per heavy atom. The summed E-state index contributed by atoms with van der Waals surface area (Å²) in [6, 6.07) is 16.9. The van der Waals surface area contributed by atoms with Crippen LogP contribution in [0.15, 0.2) is 67.0 Å². The van der Waals surface area contributed by atoms with Crippen LogP contribution >= 0.6 is 0 Å². The lowest BCUT2D eigenvalue weighted by molar-refractivity contribution is -0.107. The van der Waals surface area contributed by atoms with Crippen molar-refractivity contribution in [1.29, 1.82) is 0 Å². The number of aliphatic hydroxyl groups is 1. The summed E-state index contributed by atoms with van der Waals surface area (Å²) in [5.41, 5.74) is 10.9. The molecule has 2 amide bonds. The van der Waals surface area contributed by atoms with Crippen molar-refractivity contribution in [2.45, 2.75) is 12.8 Å². The molecule has 3 rings (SSSR count). The molecule has 3 aromatic rings. The van der Waals surface area contributed by atoms with Gasteiger partial charge in [-0.3, -0.25) is 4.98 Å². The topological polar surface area (TPSA) is 105 Å². The Morgan fingerprint density at radius 2 is 1.86 bits per heavy atom. The Hall–Kier alpha value is -3.51. The molecule has 0 saturated carbocycles. The van der Waals surface area contributed by atoms with Crippen LogP contribution in [0.25, 0.3) is 22.3 Å². The van der Waals surface area contributed by atoms with Crippen molar-refractivity contribution in [3.8, 4) is 22.3 Å². The third-order valence-electron chi connectivity index (χ3n) is 4.07. The number of aryl methyl sites for hydroxylation is 1. The molecule has 0 atom stereocenters. The van der Waals surface area contributed by atoms with E-state index in [1.807, 2.05) is 48.7 Å². The summed E-state index contributed by atoms with van der Waals surface area (Å²) in [5, 5.41) is 9.59. The number of aliphatic hydroxyl groups excluding tert-OH is 1. The second kappa shape index (κ2) is 10.6. The Morgan fingerprint density at radius 1 is 1.07 bits per heavy atom. The van der Waals surface area contributed by atoms with Crippen LogP contribution in [0.4, 0.5) is 10.5 Å². The van der Waals surface area contributed by atoms with Gasteiger partial charge in [0.2, 0.25) is 0 Å². The lowest BCUT2D eigenvalue weighted by Crippen LogP contribution is -2.19. The van der Waals surface area contributed by atoms with E-state index in [4.69, 9.17) is 10.8 Å². The molecule has 6 heteroatoms. The van der Waals surface area contributed by atoms with E-state index in [0.717, 1.165) is 41.2 Å². The molecule has 0 aliphatic carbocycles. The standard InChI is InChI=1S/C21H19N3O2.CH4O/c22-21(26)24-19-7-1-4-17(13-19)20-9-8-15(12-16(20)6-3-11-25)18-5-2-10-23-14-18;1-2/h1-2,4-5,7-14H,3,6H2,(H3,22,24,26);2H,1H3. The van der Waals surface area contributed by atoms with Gasteiger partial charge < -0.3 is 21.0 Å². The van der Waals surface area contributed by atoms with Crippen LogP contribution in [0, 0.1) is 0 Å². The normalized spacial score (nSPS) is 9.79. The number of carbonyl (C=O) groups is 2. The number of benzene rings is 2. The first-order valence-corrected chi connectivity index (χ1v) is 8.76. The quantitative estimate of drug-likeness (QED) is 0.570. The Balaban J connectivity index is 0.00000136. The number of hydrogen-bond acceptors (Lipinski definition) is 4. The van der Waals surface area contributed by atoms with Gasteiger partial charge in [0.15, 0.2) is 0 Å². The van der Waals surface area contributed by atoms with Crippen LogP contribution in [0.1, 0.15) is 12.0 Å². The molecule has 0 spiro atoms. The molecular formula is C22H23N3O3. The fourth-order valence-electron chi connectivity index (χ4n) is 2.92. The first kappa shape index (κ1) is 20.8. The van der Waals surface area contributed by atoms with Gasteiger partial charge in [0.1, 0.15) is 6.29 Å². The zero-order chi connectivity index (χ0) is 20.4. The number of primary amides is 1. The van der Waals surface area contributed by atoms with Gasteiger partial charge in [0.25, 0.3) is 0 Å². The summed E-state index contributed by atoms with van der Waals surface area (Å²) in [5.74, 6) is 0. The van der Waals surface area contributed by atoms with Crippen LogP contribution < -0.4 is 11.1 Å². The number of nitrogens with two attached hydrogens (primary N) is 1. The number of hydrogen-bond donors (Lipinski definition) is 3. The fraction of sp³-hybridized carbons (Fsp3) is 0.136. The van der Waals surface area contributed by atoms with E-state index in [2.05, 4.69) is 16.4 Å². The smallest absolute Gasteiger partial charge is 0.316 e. The number of anilines is 1. The molecule has 2 aromatic carbocycles.